The van der Waals surface area contributed by atoms with Gasteiger partial charge in [-0.2, -0.15) is 0 Å². The number of hydrogen-bond donors (Lipinski definition) is 4. The zero-order chi connectivity index (χ0) is 42.8. The highest BCUT2D eigenvalue weighted by molar-refractivity contribution is 5.87. The molecule has 14 nitrogen and oxygen atoms in total. The monoisotopic (exact) mass is 816 g/mol. The van der Waals surface area contributed by atoms with Gasteiger partial charge in [-0.15, -0.1) is 0 Å². The van der Waals surface area contributed by atoms with E-state index in [0.29, 0.717) is 25.5 Å². The maximum atomic E-state index is 13.8. The van der Waals surface area contributed by atoms with Crippen LogP contribution in [0, 0.1) is 34.5 Å². The molecule has 3 heterocycles. The zero-order valence-electron chi connectivity index (χ0n) is 35.6. The normalized spacial score (nSPS) is 18.0. The summed E-state index contributed by atoms with van der Waals surface area (Å²) in [5.74, 6) is 7.42. The van der Waals surface area contributed by atoms with Crippen molar-refractivity contribution in [1.29, 1.82) is 0 Å². The van der Waals surface area contributed by atoms with E-state index < -0.39 is 24.3 Å². The molecule has 3 fully saturated rings. The van der Waals surface area contributed by atoms with E-state index in [1.54, 1.807) is 11.1 Å². The summed E-state index contributed by atoms with van der Waals surface area (Å²) in [5, 5.41) is 5.45. The Labute approximate surface area is 351 Å². The molecule has 4 N–H and O–H groups in total. The number of ether oxygens (including phenoxy) is 2. The second-order valence-electron chi connectivity index (χ2n) is 17.7. The molecule has 1 saturated heterocycles. The minimum Gasteiger partial charge on any atom is -0.453 e. The van der Waals surface area contributed by atoms with Gasteiger partial charge in [0, 0.05) is 24.2 Å². The first-order valence-corrected chi connectivity index (χ1v) is 20.8. The van der Waals surface area contributed by atoms with Crippen LogP contribution in [-0.2, 0) is 25.6 Å². The van der Waals surface area contributed by atoms with Crippen molar-refractivity contribution in [2.45, 2.75) is 91.4 Å². The average molecular weight is 817 g/mol. The molecule has 3 atom stereocenters. The van der Waals surface area contributed by atoms with Crippen LogP contribution in [-0.4, -0.2) is 93.1 Å². The fraction of sp³-hybridized carbons (Fsp3) is 0.478. The lowest BCUT2D eigenvalue weighted by molar-refractivity contribution is -0.136. The number of benzene rings is 2. The molecule has 1 spiro atoms. The molecule has 316 valence electrons. The predicted molar refractivity (Wildman–Crippen MR) is 226 cm³/mol. The molecule has 2 aromatic heterocycles. The van der Waals surface area contributed by atoms with E-state index >= 15 is 0 Å². The van der Waals surface area contributed by atoms with E-state index in [2.05, 4.69) is 44.4 Å². The molecule has 0 unspecified atom stereocenters. The molecule has 1 aliphatic heterocycles. The Kier molecular flexibility index (Phi) is 12.1. The number of alkyl carbamates (subject to hydrolysis) is 2. The number of methoxy groups -OCH3 is 2. The molecule has 7 rings (SSSR count). The number of aromatic nitrogens is 4. The first kappa shape index (κ1) is 42.0. The SMILES string of the molecule is COC(=O)N[C@H](C(=O)N(Cc1ncc(-c2ccc(C#Cc3ccc(-c4cnc([C@H]5CC6(CC6)CN5C(=O)[C@@H](NC(=O)OC)C(C)C)[nH]4)cc3)cc2)[nH]1)CC1(C)CC1)C(C)C. The number of rotatable bonds is 13. The number of nitrogens with zero attached hydrogens (tertiary/aromatic N) is 4. The lowest BCUT2D eigenvalue weighted by atomic mass is 10.0. The summed E-state index contributed by atoms with van der Waals surface area (Å²) in [6.45, 7) is 11.3. The molecule has 2 saturated carbocycles. The highest BCUT2D eigenvalue weighted by Gasteiger charge is 2.55. The van der Waals surface area contributed by atoms with Crippen LogP contribution in [0.15, 0.2) is 60.9 Å². The third kappa shape index (κ3) is 9.67. The average Bonchev–Trinajstić information content (AvgIpc) is 3.92. The number of imidazole rings is 2. The van der Waals surface area contributed by atoms with E-state index in [-0.39, 0.29) is 40.5 Å². The number of likely N-dealkylation sites (tertiary alicyclic amines) is 1. The first-order valence-electron chi connectivity index (χ1n) is 20.8. The first-order chi connectivity index (χ1) is 28.7. The van der Waals surface area contributed by atoms with Gasteiger partial charge in [-0.05, 0) is 90.2 Å². The van der Waals surface area contributed by atoms with Crippen molar-refractivity contribution >= 4 is 24.0 Å². The Bertz CT molecular complexity index is 2260. The van der Waals surface area contributed by atoms with Gasteiger partial charge in [0.05, 0.1) is 50.6 Å². The standard InChI is InChI=1S/C46H56N8O6/c1-28(2)38(51-43(57)59-6)41(55)53(26-45(5)18-19-45)25-37-47-23-34(49-37)32-14-10-30(11-15-32)8-9-31-12-16-33(17-13-31)35-24-48-40(50-35)36-22-46(20-21-46)27-54(36)42(56)39(29(3)4)52-44(58)60-7/h10-17,23-24,28-29,36,38-39H,18-22,25-27H2,1-7H3,(H,47,49)(H,48,50)(H,51,57)(H,52,58)/t36-,38+,39+/m1/s1. The maximum Gasteiger partial charge on any atom is 0.407 e. The Morgan fingerprint density at radius 2 is 1.33 bits per heavy atom. The van der Waals surface area contributed by atoms with Crippen molar-refractivity contribution in [3.05, 3.63) is 83.7 Å². The zero-order valence-corrected chi connectivity index (χ0v) is 35.6. The largest absolute Gasteiger partial charge is 0.453 e. The van der Waals surface area contributed by atoms with Crippen molar-refractivity contribution < 1.29 is 28.7 Å². The van der Waals surface area contributed by atoms with E-state index in [9.17, 15) is 19.2 Å². The lowest BCUT2D eigenvalue weighted by Gasteiger charge is -2.31. The van der Waals surface area contributed by atoms with Gasteiger partial charge in [-0.3, -0.25) is 9.59 Å². The summed E-state index contributed by atoms with van der Waals surface area (Å²) < 4.78 is 9.59. The number of nitrogens with one attached hydrogen (secondary N) is 4. The minimum atomic E-state index is -0.711. The summed E-state index contributed by atoms with van der Waals surface area (Å²) in [5.41, 5.74) is 5.49. The molecule has 4 amide bonds. The number of carbonyl (C=O) groups excluding carboxylic acids is 4. The Balaban J connectivity index is 0.985. The van der Waals surface area contributed by atoms with Crippen molar-refractivity contribution in [2.24, 2.45) is 22.7 Å². The van der Waals surface area contributed by atoms with Crippen molar-refractivity contribution in [1.82, 2.24) is 40.4 Å². The Morgan fingerprint density at radius 1 is 0.800 bits per heavy atom. The molecule has 60 heavy (non-hydrogen) atoms. The quantitative estimate of drug-likeness (QED) is 0.107. The molecule has 3 aliphatic rings. The minimum absolute atomic E-state index is 0.0631. The Morgan fingerprint density at radius 3 is 1.85 bits per heavy atom. The number of carbonyl (C=O) groups is 4. The van der Waals surface area contributed by atoms with E-state index in [1.807, 2.05) is 87.3 Å². The summed E-state index contributed by atoms with van der Waals surface area (Å²) in [7, 11) is 2.59. The second-order valence-corrected chi connectivity index (χ2v) is 17.7. The van der Waals surface area contributed by atoms with Gasteiger partial charge in [0.2, 0.25) is 11.8 Å². The fourth-order valence-electron chi connectivity index (χ4n) is 7.92. The topological polar surface area (TPSA) is 175 Å². The van der Waals surface area contributed by atoms with Crippen LogP contribution < -0.4 is 10.6 Å². The molecular formula is C46H56N8O6. The van der Waals surface area contributed by atoms with Gasteiger partial charge in [0.1, 0.15) is 23.7 Å². The van der Waals surface area contributed by atoms with Gasteiger partial charge in [0.25, 0.3) is 0 Å². The molecule has 0 radical (unpaired) electrons. The summed E-state index contributed by atoms with van der Waals surface area (Å²) >= 11 is 0. The number of H-pyrrole nitrogens is 2. The molecular weight excluding hydrogens is 761 g/mol. The summed E-state index contributed by atoms with van der Waals surface area (Å²) in [6, 6.07) is 14.3. The number of aromatic amines is 2. The van der Waals surface area contributed by atoms with Gasteiger partial charge in [0.15, 0.2) is 0 Å². The second kappa shape index (κ2) is 17.2. The molecule has 14 heteroatoms. The fourth-order valence-corrected chi connectivity index (χ4v) is 7.92. The van der Waals surface area contributed by atoms with Crippen LogP contribution in [0.1, 0.15) is 95.5 Å². The van der Waals surface area contributed by atoms with E-state index in [0.717, 1.165) is 71.6 Å². The highest BCUT2D eigenvalue weighted by atomic mass is 16.5. The van der Waals surface area contributed by atoms with Crippen LogP contribution in [0.2, 0.25) is 0 Å². The van der Waals surface area contributed by atoms with Crippen LogP contribution in [0.4, 0.5) is 9.59 Å². The van der Waals surface area contributed by atoms with Crippen molar-refractivity contribution in [3.8, 4) is 34.4 Å². The van der Waals surface area contributed by atoms with Crippen LogP contribution in [0.3, 0.4) is 0 Å². The Hall–Kier alpha value is -6.10. The van der Waals surface area contributed by atoms with Crippen molar-refractivity contribution in [2.75, 3.05) is 27.3 Å². The molecule has 4 aromatic rings. The lowest BCUT2D eigenvalue weighted by Crippen LogP contribution is -2.52. The third-order valence-corrected chi connectivity index (χ3v) is 12.1. The predicted octanol–water partition coefficient (Wildman–Crippen LogP) is 6.81. The van der Waals surface area contributed by atoms with Gasteiger partial charge in [-0.1, -0.05) is 70.7 Å². The number of amides is 4. The summed E-state index contributed by atoms with van der Waals surface area (Å²) in [4.78, 5) is 71.6. The number of hydrogen-bond acceptors (Lipinski definition) is 8. The van der Waals surface area contributed by atoms with Crippen molar-refractivity contribution in [3.63, 3.8) is 0 Å². The summed E-state index contributed by atoms with van der Waals surface area (Å²) in [6.07, 6.45) is 7.44. The van der Waals surface area contributed by atoms with Crippen LogP contribution in [0.25, 0.3) is 22.5 Å². The van der Waals surface area contributed by atoms with Crippen LogP contribution >= 0.6 is 0 Å². The van der Waals surface area contributed by atoms with E-state index in [1.165, 1.54) is 14.2 Å². The van der Waals surface area contributed by atoms with E-state index in [4.69, 9.17) is 14.5 Å². The highest BCUT2D eigenvalue weighted by Crippen LogP contribution is 2.58. The smallest absolute Gasteiger partial charge is 0.407 e. The van der Waals surface area contributed by atoms with Crippen LogP contribution in [0.5, 0.6) is 0 Å². The van der Waals surface area contributed by atoms with Gasteiger partial charge < -0.3 is 39.9 Å². The molecule has 2 aromatic carbocycles. The molecule has 2 aliphatic carbocycles. The maximum absolute atomic E-state index is 13.8. The third-order valence-electron chi connectivity index (χ3n) is 12.1. The van der Waals surface area contributed by atoms with Gasteiger partial charge in [-0.25, -0.2) is 19.6 Å². The molecule has 0 bridgehead atoms. The van der Waals surface area contributed by atoms with Gasteiger partial charge >= 0.3 is 12.2 Å².